The SMILES string of the molecule is CC(C)(C)[Si](O[C@H]1CC[C@@]2(C)C(=CCC3C2CC[C@@]2(C)C3CC[C@@H]2n2cc(-c3ccccc3)nn2)C1)(c1ccccc1)c1ccccc1. The molecule has 0 aliphatic heterocycles. The second kappa shape index (κ2) is 11.9. The highest BCUT2D eigenvalue weighted by Crippen LogP contribution is 2.67. The normalized spacial score (nSPS) is 31.8. The zero-order valence-electron chi connectivity index (χ0n) is 29.6. The van der Waals surface area contributed by atoms with Crippen LogP contribution in [0.25, 0.3) is 11.3 Å². The molecule has 250 valence electrons. The molecule has 5 heteroatoms. The molecule has 0 amide bonds. The molecule has 4 aromatic rings. The Labute approximate surface area is 289 Å². The van der Waals surface area contributed by atoms with Gasteiger partial charge >= 0.3 is 0 Å². The quantitative estimate of drug-likeness (QED) is 0.154. The molecule has 1 heterocycles. The number of fused-ring (bicyclic) bond motifs is 5. The molecule has 48 heavy (non-hydrogen) atoms. The summed E-state index contributed by atoms with van der Waals surface area (Å²) in [4.78, 5) is 0. The summed E-state index contributed by atoms with van der Waals surface area (Å²) in [7, 11) is -2.58. The van der Waals surface area contributed by atoms with Gasteiger partial charge in [-0.25, -0.2) is 4.68 Å². The average molecular weight is 656 g/mol. The van der Waals surface area contributed by atoms with Crippen molar-refractivity contribution in [2.24, 2.45) is 28.6 Å². The largest absolute Gasteiger partial charge is 0.404 e. The van der Waals surface area contributed by atoms with Crippen LogP contribution in [0.2, 0.25) is 5.04 Å². The van der Waals surface area contributed by atoms with Crippen molar-refractivity contribution < 1.29 is 4.43 Å². The van der Waals surface area contributed by atoms with Gasteiger partial charge in [0, 0.05) is 11.7 Å². The third-order valence-corrected chi connectivity index (χ3v) is 18.8. The van der Waals surface area contributed by atoms with Crippen LogP contribution in [0.5, 0.6) is 0 Å². The zero-order valence-corrected chi connectivity index (χ0v) is 30.6. The smallest absolute Gasteiger partial charge is 0.261 e. The van der Waals surface area contributed by atoms with E-state index in [2.05, 4.69) is 148 Å². The van der Waals surface area contributed by atoms with Gasteiger partial charge in [-0.05, 0) is 95.4 Å². The number of allylic oxidation sites excluding steroid dienone is 1. The van der Waals surface area contributed by atoms with Crippen molar-refractivity contribution >= 4 is 18.7 Å². The van der Waals surface area contributed by atoms with E-state index in [-0.39, 0.29) is 22.0 Å². The number of aromatic nitrogens is 3. The molecule has 8 rings (SSSR count). The highest BCUT2D eigenvalue weighted by atomic mass is 28.4. The number of hydrogen-bond donors (Lipinski definition) is 0. The van der Waals surface area contributed by atoms with Crippen molar-refractivity contribution in [3.05, 3.63) is 109 Å². The summed E-state index contributed by atoms with van der Waals surface area (Å²) in [5, 5.41) is 12.1. The summed E-state index contributed by atoms with van der Waals surface area (Å²) < 4.78 is 9.95. The maximum absolute atomic E-state index is 7.71. The van der Waals surface area contributed by atoms with Crippen LogP contribution in [0.4, 0.5) is 0 Å². The topological polar surface area (TPSA) is 39.9 Å². The minimum atomic E-state index is -2.58. The summed E-state index contributed by atoms with van der Waals surface area (Å²) >= 11 is 0. The number of hydrogen-bond acceptors (Lipinski definition) is 3. The Kier molecular flexibility index (Phi) is 7.95. The Bertz CT molecular complexity index is 1720. The lowest BCUT2D eigenvalue weighted by molar-refractivity contribution is -0.0478. The van der Waals surface area contributed by atoms with E-state index in [9.17, 15) is 0 Å². The molecule has 1 aromatic heterocycles. The van der Waals surface area contributed by atoms with E-state index >= 15 is 0 Å². The van der Waals surface area contributed by atoms with E-state index in [0.717, 1.165) is 41.9 Å². The first-order valence-corrected chi connectivity index (χ1v) is 20.5. The highest BCUT2D eigenvalue weighted by molar-refractivity contribution is 6.99. The molecule has 4 aliphatic carbocycles. The van der Waals surface area contributed by atoms with E-state index in [1.54, 1.807) is 5.57 Å². The molecule has 0 bridgehead atoms. The maximum atomic E-state index is 7.71. The van der Waals surface area contributed by atoms with E-state index in [0.29, 0.717) is 6.04 Å². The fraction of sp³-hybridized carbons (Fsp3) is 0.488. The summed E-state index contributed by atoms with van der Waals surface area (Å²) in [5.41, 5.74) is 4.39. The molecule has 0 saturated heterocycles. The van der Waals surface area contributed by atoms with Crippen LogP contribution in [0, 0.1) is 28.6 Å². The molecule has 3 saturated carbocycles. The summed E-state index contributed by atoms with van der Waals surface area (Å²) in [5.74, 6) is 2.26. The van der Waals surface area contributed by atoms with Gasteiger partial charge in [-0.3, -0.25) is 0 Å². The van der Waals surface area contributed by atoms with Crippen molar-refractivity contribution in [1.29, 1.82) is 0 Å². The van der Waals surface area contributed by atoms with Crippen LogP contribution in [0.3, 0.4) is 0 Å². The second-order valence-electron chi connectivity index (χ2n) is 17.0. The lowest BCUT2D eigenvalue weighted by Gasteiger charge is -2.58. The van der Waals surface area contributed by atoms with Gasteiger partial charge in [-0.15, -0.1) is 5.10 Å². The summed E-state index contributed by atoms with van der Waals surface area (Å²) in [6, 6.07) is 33.4. The molecule has 3 aromatic carbocycles. The van der Waals surface area contributed by atoms with Crippen LogP contribution < -0.4 is 10.4 Å². The highest BCUT2D eigenvalue weighted by Gasteiger charge is 2.60. The lowest BCUT2D eigenvalue weighted by Crippen LogP contribution is -2.68. The predicted octanol–water partition coefficient (Wildman–Crippen LogP) is 9.39. The second-order valence-corrected chi connectivity index (χ2v) is 21.2. The molecule has 7 atom stereocenters. The van der Waals surface area contributed by atoms with Gasteiger partial charge in [0.2, 0.25) is 0 Å². The third kappa shape index (κ3) is 5.02. The Morgan fingerprint density at radius 3 is 2.06 bits per heavy atom. The monoisotopic (exact) mass is 655 g/mol. The first kappa shape index (κ1) is 32.0. The molecule has 4 nitrogen and oxygen atoms in total. The Hall–Kier alpha value is -3.28. The fourth-order valence-electron chi connectivity index (χ4n) is 11.2. The molecular weight excluding hydrogens is 603 g/mol. The van der Waals surface area contributed by atoms with Gasteiger partial charge in [0.05, 0.1) is 12.2 Å². The number of benzene rings is 3. The van der Waals surface area contributed by atoms with Gasteiger partial charge < -0.3 is 4.43 Å². The van der Waals surface area contributed by atoms with Crippen molar-refractivity contribution in [2.45, 2.75) is 103 Å². The van der Waals surface area contributed by atoms with E-state index in [1.807, 2.05) is 0 Å². The molecule has 3 unspecified atom stereocenters. The van der Waals surface area contributed by atoms with Gasteiger partial charge in [0.15, 0.2) is 0 Å². The van der Waals surface area contributed by atoms with Crippen LogP contribution in [-0.2, 0) is 4.43 Å². The number of nitrogens with zero attached hydrogens (tertiary/aromatic N) is 3. The minimum absolute atomic E-state index is 0.00128. The molecule has 4 aliphatic rings. The van der Waals surface area contributed by atoms with E-state index in [4.69, 9.17) is 9.64 Å². The van der Waals surface area contributed by atoms with E-state index in [1.165, 1.54) is 48.9 Å². The molecule has 3 fully saturated rings. The Morgan fingerprint density at radius 2 is 1.42 bits per heavy atom. The third-order valence-electron chi connectivity index (χ3n) is 13.7. The van der Waals surface area contributed by atoms with Crippen molar-refractivity contribution in [3.8, 4) is 11.3 Å². The summed E-state index contributed by atoms with van der Waals surface area (Å²) in [6.45, 7) is 12.4. The van der Waals surface area contributed by atoms with Gasteiger partial charge in [-0.2, -0.15) is 0 Å². The Balaban J connectivity index is 1.05. The van der Waals surface area contributed by atoms with Crippen LogP contribution in [0.1, 0.15) is 92.0 Å². The molecule has 0 spiro atoms. The van der Waals surface area contributed by atoms with Crippen molar-refractivity contribution in [1.82, 2.24) is 15.0 Å². The van der Waals surface area contributed by atoms with Crippen molar-refractivity contribution in [2.75, 3.05) is 0 Å². The first-order chi connectivity index (χ1) is 23.1. The Morgan fingerprint density at radius 1 is 0.771 bits per heavy atom. The van der Waals surface area contributed by atoms with Gasteiger partial charge in [0.25, 0.3) is 8.32 Å². The minimum Gasteiger partial charge on any atom is -0.404 e. The summed E-state index contributed by atoms with van der Waals surface area (Å²) in [6.07, 6.45) is 15.0. The van der Waals surface area contributed by atoms with Crippen LogP contribution in [-0.4, -0.2) is 29.4 Å². The average Bonchev–Trinajstić information content (AvgIpc) is 3.72. The zero-order chi connectivity index (χ0) is 33.1. The number of rotatable bonds is 6. The first-order valence-electron chi connectivity index (χ1n) is 18.6. The lowest BCUT2D eigenvalue weighted by atomic mass is 9.48. The standard InChI is InChI=1S/C43H53N3OSi/c1-41(2,3)48(34-17-11-7-12-18-34,35-19-13-8-14-20-35)47-33-25-27-42(4)32(29-33)21-22-36-37-23-24-40(43(37,5)28-26-38(36)42)46-30-39(44-45-46)31-15-9-6-10-16-31/h6-21,30,33,36-38,40H,22-29H2,1-5H3/t33-,36?,37?,38?,40-,42-,43-/m0/s1. The van der Waals surface area contributed by atoms with Gasteiger partial charge in [-0.1, -0.05) is 142 Å². The molecule has 0 N–H and O–H groups in total. The predicted molar refractivity (Wildman–Crippen MR) is 199 cm³/mol. The van der Waals surface area contributed by atoms with Crippen LogP contribution >= 0.6 is 0 Å². The molecular formula is C43H53N3OSi. The maximum Gasteiger partial charge on any atom is 0.261 e. The van der Waals surface area contributed by atoms with E-state index < -0.39 is 8.32 Å². The molecule has 0 radical (unpaired) electrons. The van der Waals surface area contributed by atoms with Crippen molar-refractivity contribution in [3.63, 3.8) is 0 Å². The van der Waals surface area contributed by atoms with Crippen LogP contribution in [0.15, 0.2) is 109 Å². The fourth-order valence-corrected chi connectivity index (χ4v) is 16.0. The van der Waals surface area contributed by atoms with Gasteiger partial charge in [0.1, 0.15) is 5.69 Å².